The van der Waals surface area contributed by atoms with Crippen LogP contribution in [0.2, 0.25) is 0 Å². The van der Waals surface area contributed by atoms with Gasteiger partial charge in [-0.3, -0.25) is 9.59 Å². The van der Waals surface area contributed by atoms with Crippen molar-refractivity contribution >= 4 is 18.3 Å². The van der Waals surface area contributed by atoms with Crippen LogP contribution < -0.4 is 11.5 Å². The summed E-state index contributed by atoms with van der Waals surface area (Å²) in [7, 11) is 0. The summed E-state index contributed by atoms with van der Waals surface area (Å²) in [5, 5.41) is 20.3. The maximum atomic E-state index is 11.6. The third-order valence-corrected chi connectivity index (χ3v) is 4.46. The lowest BCUT2D eigenvalue weighted by molar-refractivity contribution is -0.142. The Morgan fingerprint density at radius 1 is 1.34 bits per heavy atom. The van der Waals surface area contributed by atoms with Crippen molar-refractivity contribution in [1.29, 1.82) is 0 Å². The van der Waals surface area contributed by atoms with Crippen LogP contribution in [0, 0.1) is 17.8 Å². The third-order valence-electron chi connectivity index (χ3n) is 4.46. The Bertz CT molecular complexity index is 767. The van der Waals surface area contributed by atoms with Gasteiger partial charge in [0.25, 0.3) is 0 Å². The molecule has 0 aromatic heterocycles. The van der Waals surface area contributed by atoms with Crippen molar-refractivity contribution < 1.29 is 29.3 Å². The molecule has 2 unspecified atom stereocenters. The Hall–Kier alpha value is -2.93. The van der Waals surface area contributed by atoms with Crippen molar-refractivity contribution in [3.63, 3.8) is 0 Å². The highest BCUT2D eigenvalue weighted by Gasteiger charge is 2.27. The fourth-order valence-corrected chi connectivity index (χ4v) is 2.93. The van der Waals surface area contributed by atoms with Gasteiger partial charge in [-0.25, -0.2) is 4.79 Å². The van der Waals surface area contributed by atoms with Crippen LogP contribution in [0.15, 0.2) is 24.3 Å². The number of benzene rings is 1. The number of β-amino-alcohol motifs (C(OH)–C–C–N with tert-alkyl or cyclic N) is 1. The van der Waals surface area contributed by atoms with E-state index in [9.17, 15) is 19.5 Å². The highest BCUT2D eigenvalue weighted by molar-refractivity contribution is 5.77. The third kappa shape index (κ3) is 11.5. The predicted octanol–water partition coefficient (Wildman–Crippen LogP) is 1.73. The summed E-state index contributed by atoms with van der Waals surface area (Å²) in [5.74, 6) is 1.60. The van der Waals surface area contributed by atoms with E-state index >= 15 is 0 Å². The van der Waals surface area contributed by atoms with Crippen molar-refractivity contribution in [2.45, 2.75) is 45.8 Å². The molecule has 2 amide bonds. The van der Waals surface area contributed by atoms with Gasteiger partial charge >= 0.3 is 5.97 Å². The summed E-state index contributed by atoms with van der Waals surface area (Å²) in [4.78, 5) is 34.2. The lowest BCUT2D eigenvalue weighted by atomic mass is 9.92. The van der Waals surface area contributed by atoms with E-state index in [1.54, 1.807) is 29.2 Å². The van der Waals surface area contributed by atoms with Gasteiger partial charge in [-0.1, -0.05) is 38.8 Å². The number of carboxylic acids is 1. The van der Waals surface area contributed by atoms with Crippen LogP contribution >= 0.6 is 0 Å². The average Bonchev–Trinajstić information content (AvgIpc) is 3.13. The van der Waals surface area contributed by atoms with Crippen molar-refractivity contribution in [3.8, 4) is 12.3 Å². The van der Waals surface area contributed by atoms with E-state index in [1.165, 1.54) is 0 Å². The number of hydrogen-bond acceptors (Lipinski definition) is 6. The van der Waals surface area contributed by atoms with Crippen LogP contribution in [0.5, 0.6) is 0 Å². The van der Waals surface area contributed by atoms with E-state index in [4.69, 9.17) is 16.3 Å². The van der Waals surface area contributed by atoms with Gasteiger partial charge in [-0.15, -0.1) is 6.42 Å². The first-order valence-electron chi connectivity index (χ1n) is 10.1. The molecule has 1 aliphatic heterocycles. The molecule has 1 heterocycles. The molecular weight excluding hydrogens is 414 g/mol. The Balaban J connectivity index is 0.000000611. The molecule has 6 N–H and O–H groups in total. The molecular formula is C23H35N3O6. The zero-order valence-electron chi connectivity index (χ0n) is 19.0. The smallest absolute Gasteiger partial charge is 0.329 e. The second-order valence-corrected chi connectivity index (χ2v) is 8.53. The average molecular weight is 450 g/mol. The number of nitrogens with one attached hydrogen (secondary N) is 1. The fraction of sp³-hybridized carbons (Fsp3) is 0.522. The number of likely N-dealkylation sites (tertiary alicyclic amines) is 1. The van der Waals surface area contributed by atoms with Gasteiger partial charge < -0.3 is 31.3 Å². The summed E-state index contributed by atoms with van der Waals surface area (Å²) in [6, 6.07) is 6.62. The van der Waals surface area contributed by atoms with Gasteiger partial charge in [0.2, 0.25) is 12.3 Å². The molecule has 2 rings (SSSR count). The predicted molar refractivity (Wildman–Crippen MR) is 121 cm³/mol. The standard InChI is InChI=1S/C13H13NO4.C10H19NO2.H3N/c1-2-10-3-5-11(6-4-10)12(14-9-15)7-18-8-13(16)17;1-10(2,3)6-9(13)11-5-4-8(12)7-11;/h1,3-6,9,12H,7-8H2,(H,14,15)(H,16,17);8,12H,4-7H2,1-3H3;1H3. The van der Waals surface area contributed by atoms with Crippen LogP contribution in [0.3, 0.4) is 0 Å². The topological polar surface area (TPSA) is 151 Å². The summed E-state index contributed by atoms with van der Waals surface area (Å²) in [5.41, 5.74) is 1.58. The van der Waals surface area contributed by atoms with E-state index in [0.29, 0.717) is 19.4 Å². The number of aliphatic hydroxyl groups is 1. The number of carbonyl (C=O) groups is 3. The maximum absolute atomic E-state index is 11.6. The van der Waals surface area contributed by atoms with Gasteiger partial charge in [0, 0.05) is 25.1 Å². The minimum Gasteiger partial charge on any atom is -0.480 e. The monoisotopic (exact) mass is 449 g/mol. The number of aliphatic hydroxyl groups excluding tert-OH is 1. The highest BCUT2D eigenvalue weighted by atomic mass is 16.5. The van der Waals surface area contributed by atoms with Gasteiger partial charge in [-0.2, -0.15) is 0 Å². The largest absolute Gasteiger partial charge is 0.480 e. The zero-order valence-corrected chi connectivity index (χ0v) is 19.0. The molecule has 1 aromatic carbocycles. The molecule has 0 saturated carbocycles. The SMILES string of the molecule is C#Cc1ccc(C(COCC(=O)O)NC=O)cc1.CC(C)(C)CC(=O)N1CCC(O)C1.N. The van der Waals surface area contributed by atoms with E-state index in [0.717, 1.165) is 24.1 Å². The quantitative estimate of drug-likeness (QED) is 0.348. The minimum absolute atomic E-state index is 0. The molecule has 178 valence electrons. The van der Waals surface area contributed by atoms with E-state index in [1.807, 2.05) is 0 Å². The summed E-state index contributed by atoms with van der Waals surface area (Å²) in [6.45, 7) is 7.08. The molecule has 2 atom stereocenters. The molecule has 1 fully saturated rings. The molecule has 9 heteroatoms. The lowest BCUT2D eigenvalue weighted by Gasteiger charge is -2.22. The van der Waals surface area contributed by atoms with Crippen molar-refractivity contribution in [2.24, 2.45) is 5.41 Å². The molecule has 1 saturated heterocycles. The van der Waals surface area contributed by atoms with Gasteiger partial charge in [0.15, 0.2) is 0 Å². The number of nitrogens with zero attached hydrogens (tertiary/aromatic N) is 1. The lowest BCUT2D eigenvalue weighted by Crippen LogP contribution is -2.32. The minimum atomic E-state index is -1.05. The summed E-state index contributed by atoms with van der Waals surface area (Å²) < 4.78 is 4.96. The zero-order chi connectivity index (χ0) is 23.4. The Kier molecular flexibility index (Phi) is 12.9. The molecule has 0 radical (unpaired) electrons. The van der Waals surface area contributed by atoms with Crippen LogP contribution in [0.4, 0.5) is 0 Å². The number of carbonyl (C=O) groups excluding carboxylic acids is 2. The molecule has 1 aliphatic rings. The van der Waals surface area contributed by atoms with Gasteiger partial charge in [0.1, 0.15) is 6.61 Å². The van der Waals surface area contributed by atoms with Crippen molar-refractivity contribution in [3.05, 3.63) is 35.4 Å². The number of hydrogen-bond donors (Lipinski definition) is 4. The van der Waals surface area contributed by atoms with Crippen LogP contribution in [-0.2, 0) is 19.1 Å². The number of aliphatic carboxylic acids is 1. The number of amides is 2. The van der Waals surface area contributed by atoms with Crippen molar-refractivity contribution in [1.82, 2.24) is 16.4 Å². The fourth-order valence-electron chi connectivity index (χ4n) is 2.93. The molecule has 0 spiro atoms. The normalized spacial score (nSPS) is 16.0. The summed E-state index contributed by atoms with van der Waals surface area (Å²) >= 11 is 0. The first-order chi connectivity index (χ1) is 14.6. The van der Waals surface area contributed by atoms with Crippen LogP contribution in [-0.4, -0.2) is 65.8 Å². The van der Waals surface area contributed by atoms with Gasteiger partial charge in [-0.05, 0) is 29.5 Å². The molecule has 0 bridgehead atoms. The summed E-state index contributed by atoms with van der Waals surface area (Å²) in [6.07, 6.45) is 6.78. The first-order valence-corrected chi connectivity index (χ1v) is 10.1. The molecule has 0 aliphatic carbocycles. The van der Waals surface area contributed by atoms with Gasteiger partial charge in [0.05, 0.1) is 18.8 Å². The first kappa shape index (κ1) is 29.1. The van der Waals surface area contributed by atoms with Crippen molar-refractivity contribution in [2.75, 3.05) is 26.3 Å². The number of carboxylic acid groups (broad SMARTS) is 1. The van der Waals surface area contributed by atoms with Crippen LogP contribution in [0.25, 0.3) is 0 Å². The second-order valence-electron chi connectivity index (χ2n) is 8.53. The number of terminal acetylenes is 1. The van der Waals surface area contributed by atoms with E-state index in [2.05, 4.69) is 32.0 Å². The Morgan fingerprint density at radius 3 is 2.41 bits per heavy atom. The van der Waals surface area contributed by atoms with E-state index in [-0.39, 0.29) is 30.2 Å². The number of rotatable bonds is 8. The Morgan fingerprint density at radius 2 is 1.97 bits per heavy atom. The number of ether oxygens (including phenoxy) is 1. The highest BCUT2D eigenvalue weighted by Crippen LogP contribution is 2.21. The molecule has 32 heavy (non-hydrogen) atoms. The maximum Gasteiger partial charge on any atom is 0.329 e. The van der Waals surface area contributed by atoms with Crippen LogP contribution in [0.1, 0.15) is 50.8 Å². The Labute approximate surface area is 189 Å². The molecule has 1 aromatic rings. The second kappa shape index (κ2) is 14.2. The molecule has 9 nitrogen and oxygen atoms in total. The van der Waals surface area contributed by atoms with E-state index < -0.39 is 18.6 Å².